The van der Waals surface area contributed by atoms with E-state index in [9.17, 15) is 0 Å². The van der Waals surface area contributed by atoms with Gasteiger partial charge in [-0.15, -0.1) is 0 Å². The summed E-state index contributed by atoms with van der Waals surface area (Å²) in [6.07, 6.45) is 6.43. The molecule has 1 aromatic carbocycles. The van der Waals surface area contributed by atoms with E-state index in [0.717, 1.165) is 17.3 Å². The van der Waals surface area contributed by atoms with Crippen LogP contribution in [0, 0.1) is 0 Å². The van der Waals surface area contributed by atoms with Crippen LogP contribution in [0.2, 0.25) is 0 Å². The second-order valence-corrected chi connectivity index (χ2v) is 6.28. The van der Waals surface area contributed by atoms with Crippen LogP contribution in [0.15, 0.2) is 53.1 Å². The van der Waals surface area contributed by atoms with Crippen LogP contribution in [-0.2, 0) is 12.8 Å². The molecule has 2 heterocycles. The normalized spacial score (nSPS) is 11.1. The molecular weight excluding hydrogens is 324 g/mol. The number of fused-ring (bicyclic) bond motifs is 1. The number of benzene rings is 1. The van der Waals surface area contributed by atoms with E-state index >= 15 is 0 Å². The summed E-state index contributed by atoms with van der Waals surface area (Å²) in [5, 5.41) is 4.77. The topological polar surface area (TPSA) is 17.3 Å². The molecule has 0 fully saturated rings. The van der Waals surface area contributed by atoms with Gasteiger partial charge in [-0.3, -0.25) is 0 Å². The molecule has 0 radical (unpaired) electrons. The SMILES string of the molecule is CCCCc1nn2ccccc2c1Cc1ccc(Br)cc1. The van der Waals surface area contributed by atoms with E-state index in [1.54, 1.807) is 0 Å². The third kappa shape index (κ3) is 3.18. The van der Waals surface area contributed by atoms with Gasteiger partial charge in [-0.2, -0.15) is 5.10 Å². The quantitative estimate of drug-likeness (QED) is 0.635. The minimum absolute atomic E-state index is 0.944. The Morgan fingerprint density at radius 3 is 2.67 bits per heavy atom. The molecule has 0 unspecified atom stereocenters. The van der Waals surface area contributed by atoms with Crippen LogP contribution >= 0.6 is 15.9 Å². The maximum atomic E-state index is 4.77. The first-order valence-corrected chi connectivity index (χ1v) is 8.27. The summed E-state index contributed by atoms with van der Waals surface area (Å²) in [5.41, 5.74) is 5.17. The molecule has 0 aliphatic heterocycles. The van der Waals surface area contributed by atoms with Gasteiger partial charge in [0, 0.05) is 22.7 Å². The van der Waals surface area contributed by atoms with Gasteiger partial charge in [-0.25, -0.2) is 4.52 Å². The predicted molar refractivity (Wildman–Crippen MR) is 90.8 cm³/mol. The summed E-state index contributed by atoms with van der Waals surface area (Å²) in [6, 6.07) is 14.9. The summed E-state index contributed by atoms with van der Waals surface area (Å²) in [4.78, 5) is 0. The zero-order valence-electron chi connectivity index (χ0n) is 12.2. The average molecular weight is 343 g/mol. The highest BCUT2D eigenvalue weighted by Crippen LogP contribution is 2.22. The Balaban J connectivity index is 1.99. The van der Waals surface area contributed by atoms with Crippen LogP contribution < -0.4 is 0 Å². The van der Waals surface area contributed by atoms with Gasteiger partial charge in [0.15, 0.2) is 0 Å². The Bertz CT molecular complexity index is 729. The summed E-state index contributed by atoms with van der Waals surface area (Å²) in [7, 11) is 0. The number of hydrogen-bond donors (Lipinski definition) is 0. The lowest BCUT2D eigenvalue weighted by Crippen LogP contribution is -1.94. The zero-order chi connectivity index (χ0) is 14.7. The molecule has 108 valence electrons. The number of aryl methyl sites for hydroxylation is 1. The maximum absolute atomic E-state index is 4.77. The van der Waals surface area contributed by atoms with Gasteiger partial charge in [-0.05, 0) is 42.7 Å². The molecule has 3 aromatic rings. The van der Waals surface area contributed by atoms with Crippen LogP contribution in [0.5, 0.6) is 0 Å². The Morgan fingerprint density at radius 1 is 1.10 bits per heavy atom. The molecule has 0 saturated carbocycles. The highest BCUT2D eigenvalue weighted by molar-refractivity contribution is 9.10. The van der Waals surface area contributed by atoms with E-state index < -0.39 is 0 Å². The van der Waals surface area contributed by atoms with Crippen molar-refractivity contribution in [2.75, 3.05) is 0 Å². The number of nitrogens with zero attached hydrogens (tertiary/aromatic N) is 2. The van der Waals surface area contributed by atoms with Gasteiger partial charge >= 0.3 is 0 Å². The molecule has 3 heteroatoms. The van der Waals surface area contributed by atoms with E-state index in [1.165, 1.54) is 35.2 Å². The lowest BCUT2D eigenvalue weighted by molar-refractivity contribution is 0.757. The molecule has 0 N–H and O–H groups in total. The second kappa shape index (κ2) is 6.44. The Hall–Kier alpha value is -1.61. The predicted octanol–water partition coefficient (Wildman–Crippen LogP) is 5.03. The van der Waals surface area contributed by atoms with Crippen molar-refractivity contribution in [1.29, 1.82) is 0 Å². The molecule has 0 amide bonds. The molecule has 21 heavy (non-hydrogen) atoms. The molecule has 0 aliphatic rings. The van der Waals surface area contributed by atoms with Gasteiger partial charge in [0.2, 0.25) is 0 Å². The van der Waals surface area contributed by atoms with Crippen molar-refractivity contribution in [2.45, 2.75) is 32.6 Å². The standard InChI is InChI=1S/C18H19BrN2/c1-2-3-6-17-16(13-14-8-10-15(19)11-9-14)18-7-4-5-12-21(18)20-17/h4-5,7-12H,2-3,6,13H2,1H3. The molecular formula is C18H19BrN2. The third-order valence-corrected chi connectivity index (χ3v) is 4.32. The minimum Gasteiger partial charge on any atom is -0.240 e. The van der Waals surface area contributed by atoms with E-state index in [4.69, 9.17) is 5.10 Å². The van der Waals surface area contributed by atoms with Gasteiger partial charge in [-0.1, -0.05) is 47.5 Å². The van der Waals surface area contributed by atoms with Crippen molar-refractivity contribution in [2.24, 2.45) is 0 Å². The van der Waals surface area contributed by atoms with E-state index in [0.29, 0.717) is 0 Å². The highest BCUT2D eigenvalue weighted by atomic mass is 79.9. The number of hydrogen-bond acceptors (Lipinski definition) is 1. The molecule has 0 bridgehead atoms. The summed E-state index contributed by atoms with van der Waals surface area (Å²) < 4.78 is 3.14. The van der Waals surface area contributed by atoms with Crippen molar-refractivity contribution in [1.82, 2.24) is 9.61 Å². The van der Waals surface area contributed by atoms with E-state index in [-0.39, 0.29) is 0 Å². The lowest BCUT2D eigenvalue weighted by atomic mass is 10.0. The molecule has 0 aliphatic carbocycles. The monoisotopic (exact) mass is 342 g/mol. The first kappa shape index (κ1) is 14.3. The van der Waals surface area contributed by atoms with E-state index in [1.807, 2.05) is 16.8 Å². The number of halogens is 1. The summed E-state index contributed by atoms with van der Waals surface area (Å²) >= 11 is 3.50. The number of rotatable bonds is 5. The molecule has 3 rings (SSSR count). The first-order chi connectivity index (χ1) is 10.3. The van der Waals surface area contributed by atoms with Crippen LogP contribution in [0.1, 0.15) is 36.6 Å². The molecule has 2 aromatic heterocycles. The van der Waals surface area contributed by atoms with E-state index in [2.05, 4.69) is 59.3 Å². The second-order valence-electron chi connectivity index (χ2n) is 5.36. The van der Waals surface area contributed by atoms with Crippen molar-refractivity contribution in [3.05, 3.63) is 70.0 Å². The number of aromatic nitrogens is 2. The first-order valence-electron chi connectivity index (χ1n) is 7.47. The largest absolute Gasteiger partial charge is 0.240 e. The molecule has 0 spiro atoms. The van der Waals surface area contributed by atoms with Crippen LogP contribution in [0.3, 0.4) is 0 Å². The number of pyridine rings is 1. The van der Waals surface area contributed by atoms with Gasteiger partial charge < -0.3 is 0 Å². The Labute approximate surface area is 133 Å². The average Bonchev–Trinajstić information content (AvgIpc) is 2.85. The number of unbranched alkanes of at least 4 members (excludes halogenated alkanes) is 1. The zero-order valence-corrected chi connectivity index (χ0v) is 13.8. The highest BCUT2D eigenvalue weighted by Gasteiger charge is 2.12. The lowest BCUT2D eigenvalue weighted by Gasteiger charge is -2.04. The fourth-order valence-electron chi connectivity index (χ4n) is 2.64. The Kier molecular flexibility index (Phi) is 4.39. The minimum atomic E-state index is 0.944. The Morgan fingerprint density at radius 2 is 1.90 bits per heavy atom. The molecule has 0 atom stereocenters. The van der Waals surface area contributed by atoms with Crippen molar-refractivity contribution >= 4 is 21.4 Å². The fraction of sp³-hybridized carbons (Fsp3) is 0.278. The van der Waals surface area contributed by atoms with Crippen LogP contribution in [0.4, 0.5) is 0 Å². The smallest absolute Gasteiger partial charge is 0.0699 e. The van der Waals surface area contributed by atoms with Crippen molar-refractivity contribution in [3.63, 3.8) is 0 Å². The van der Waals surface area contributed by atoms with Gasteiger partial charge in [0.05, 0.1) is 11.2 Å². The van der Waals surface area contributed by atoms with Crippen LogP contribution in [0.25, 0.3) is 5.52 Å². The summed E-state index contributed by atoms with van der Waals surface area (Å²) in [5.74, 6) is 0. The van der Waals surface area contributed by atoms with Gasteiger partial charge in [0.1, 0.15) is 0 Å². The maximum Gasteiger partial charge on any atom is 0.0699 e. The fourth-order valence-corrected chi connectivity index (χ4v) is 2.91. The van der Waals surface area contributed by atoms with Crippen molar-refractivity contribution < 1.29 is 0 Å². The molecule has 2 nitrogen and oxygen atoms in total. The summed E-state index contributed by atoms with van der Waals surface area (Å²) in [6.45, 7) is 2.23. The van der Waals surface area contributed by atoms with Crippen molar-refractivity contribution in [3.8, 4) is 0 Å². The molecule has 0 saturated heterocycles. The third-order valence-electron chi connectivity index (χ3n) is 3.79. The van der Waals surface area contributed by atoms with Gasteiger partial charge in [0.25, 0.3) is 0 Å². The van der Waals surface area contributed by atoms with Crippen LogP contribution in [-0.4, -0.2) is 9.61 Å².